The summed E-state index contributed by atoms with van der Waals surface area (Å²) in [5.41, 5.74) is 1.21. The number of piperidine rings is 1. The van der Waals surface area contributed by atoms with Gasteiger partial charge in [-0.05, 0) is 44.5 Å². The number of anilines is 1. The van der Waals surface area contributed by atoms with E-state index in [1.165, 1.54) is 44.5 Å². The van der Waals surface area contributed by atoms with Gasteiger partial charge in [0.15, 0.2) is 0 Å². The Labute approximate surface area is 154 Å². The maximum absolute atomic E-state index is 5.85. The van der Waals surface area contributed by atoms with E-state index in [1.54, 1.807) is 19.2 Å². The molecule has 1 aromatic heterocycles. The van der Waals surface area contributed by atoms with Gasteiger partial charge in [0, 0.05) is 43.0 Å². The molecule has 4 rings (SSSR count). The molecule has 0 bridgehead atoms. The zero-order chi connectivity index (χ0) is 17.8. The Hall–Kier alpha value is -2.34. The largest absolute Gasteiger partial charge is 0.480 e. The number of likely N-dealkylation sites (tertiary alicyclic amines) is 1. The first kappa shape index (κ1) is 17.1. The van der Waals surface area contributed by atoms with Crippen molar-refractivity contribution in [1.29, 1.82) is 0 Å². The van der Waals surface area contributed by atoms with Crippen LogP contribution in [0, 0.1) is 0 Å². The molecule has 0 aliphatic carbocycles. The van der Waals surface area contributed by atoms with Crippen LogP contribution in [0.25, 0.3) is 0 Å². The molecule has 138 valence electrons. The van der Waals surface area contributed by atoms with Crippen molar-refractivity contribution in [3.63, 3.8) is 0 Å². The third-order valence-electron chi connectivity index (χ3n) is 5.30. The van der Waals surface area contributed by atoms with Gasteiger partial charge < -0.3 is 14.4 Å². The number of rotatable bonds is 5. The summed E-state index contributed by atoms with van der Waals surface area (Å²) < 4.78 is 10.9. The molecule has 0 N–H and O–H groups in total. The predicted molar refractivity (Wildman–Crippen MR) is 101 cm³/mol. The number of benzene rings is 1. The fraction of sp³-hybridized carbons (Fsp3) is 0.500. The average Bonchev–Trinajstić information content (AvgIpc) is 3.20. The van der Waals surface area contributed by atoms with Crippen LogP contribution in [-0.4, -0.2) is 54.4 Å². The summed E-state index contributed by atoms with van der Waals surface area (Å²) in [5.74, 6) is 1.73. The van der Waals surface area contributed by atoms with Crippen molar-refractivity contribution in [2.45, 2.75) is 31.7 Å². The van der Waals surface area contributed by atoms with Gasteiger partial charge in [0.25, 0.3) is 0 Å². The van der Waals surface area contributed by atoms with Gasteiger partial charge in [-0.25, -0.2) is 0 Å². The highest BCUT2D eigenvalue weighted by Gasteiger charge is 2.28. The summed E-state index contributed by atoms with van der Waals surface area (Å²) in [5, 5.41) is 7.97. The molecule has 0 saturated carbocycles. The van der Waals surface area contributed by atoms with Gasteiger partial charge in [-0.15, -0.1) is 10.2 Å². The van der Waals surface area contributed by atoms with Gasteiger partial charge in [0.2, 0.25) is 11.8 Å². The van der Waals surface area contributed by atoms with Crippen LogP contribution in [0.4, 0.5) is 5.69 Å². The predicted octanol–water partition coefficient (Wildman–Crippen LogP) is 3.34. The van der Waals surface area contributed by atoms with Gasteiger partial charge in [-0.1, -0.05) is 12.5 Å². The van der Waals surface area contributed by atoms with Gasteiger partial charge in [-0.2, -0.15) is 0 Å². The molecule has 2 aliphatic heterocycles. The van der Waals surface area contributed by atoms with E-state index in [0.29, 0.717) is 17.8 Å². The highest BCUT2D eigenvalue weighted by Crippen LogP contribution is 2.29. The molecule has 2 saturated heterocycles. The van der Waals surface area contributed by atoms with Crippen LogP contribution in [0.15, 0.2) is 36.4 Å². The minimum absolute atomic E-state index is 0.468. The second-order valence-corrected chi connectivity index (χ2v) is 7.00. The third-order valence-corrected chi connectivity index (χ3v) is 5.30. The van der Waals surface area contributed by atoms with Crippen molar-refractivity contribution in [2.75, 3.05) is 38.2 Å². The van der Waals surface area contributed by atoms with Crippen molar-refractivity contribution in [3.05, 3.63) is 36.4 Å². The topological polar surface area (TPSA) is 50.7 Å². The lowest BCUT2D eigenvalue weighted by Crippen LogP contribution is -2.40. The van der Waals surface area contributed by atoms with Crippen LogP contribution in [-0.2, 0) is 0 Å². The highest BCUT2D eigenvalue weighted by atomic mass is 16.5. The lowest BCUT2D eigenvalue weighted by atomic mass is 10.1. The van der Waals surface area contributed by atoms with E-state index in [1.807, 2.05) is 12.1 Å². The van der Waals surface area contributed by atoms with Crippen molar-refractivity contribution < 1.29 is 9.47 Å². The highest BCUT2D eigenvalue weighted by molar-refractivity contribution is 5.52. The summed E-state index contributed by atoms with van der Waals surface area (Å²) in [7, 11) is 1.57. The molecule has 2 aromatic rings. The monoisotopic (exact) mass is 354 g/mol. The van der Waals surface area contributed by atoms with Gasteiger partial charge >= 0.3 is 0 Å². The van der Waals surface area contributed by atoms with E-state index >= 15 is 0 Å². The van der Waals surface area contributed by atoms with E-state index in [2.05, 4.69) is 32.1 Å². The SMILES string of the molecule is COc1ccc(Oc2cccc(N3CCC(N4CCCCC4)C3)c2)nn1. The van der Waals surface area contributed by atoms with E-state index in [9.17, 15) is 0 Å². The molecular formula is C20H26N4O2. The Kier molecular flexibility index (Phi) is 5.20. The van der Waals surface area contributed by atoms with E-state index in [4.69, 9.17) is 9.47 Å². The van der Waals surface area contributed by atoms with Crippen LogP contribution in [0.5, 0.6) is 17.5 Å². The smallest absolute Gasteiger partial charge is 0.239 e. The summed E-state index contributed by atoms with van der Waals surface area (Å²) in [6.45, 7) is 4.73. The Morgan fingerprint density at radius 3 is 2.54 bits per heavy atom. The van der Waals surface area contributed by atoms with Crippen LogP contribution >= 0.6 is 0 Å². The first-order chi connectivity index (χ1) is 12.8. The zero-order valence-corrected chi connectivity index (χ0v) is 15.3. The van der Waals surface area contributed by atoms with Crippen molar-refractivity contribution in [2.24, 2.45) is 0 Å². The Bertz CT molecular complexity index is 716. The number of methoxy groups -OCH3 is 1. The van der Waals surface area contributed by atoms with E-state index < -0.39 is 0 Å². The van der Waals surface area contributed by atoms with Crippen molar-refractivity contribution in [3.8, 4) is 17.5 Å². The fourth-order valence-corrected chi connectivity index (χ4v) is 3.89. The first-order valence-corrected chi connectivity index (χ1v) is 9.46. The molecule has 6 heteroatoms. The van der Waals surface area contributed by atoms with Crippen LogP contribution < -0.4 is 14.4 Å². The first-order valence-electron chi connectivity index (χ1n) is 9.46. The second-order valence-electron chi connectivity index (χ2n) is 7.00. The maximum atomic E-state index is 5.85. The summed E-state index contributed by atoms with van der Waals surface area (Å²) in [6.07, 6.45) is 5.33. The van der Waals surface area contributed by atoms with Crippen LogP contribution in [0.2, 0.25) is 0 Å². The third kappa shape index (κ3) is 3.90. The maximum Gasteiger partial charge on any atom is 0.239 e. The summed E-state index contributed by atoms with van der Waals surface area (Å²) in [6, 6.07) is 12.4. The molecule has 0 amide bonds. The number of ether oxygens (including phenoxy) is 2. The van der Waals surface area contributed by atoms with Gasteiger partial charge in [0.05, 0.1) is 7.11 Å². The lowest BCUT2D eigenvalue weighted by molar-refractivity contribution is 0.175. The van der Waals surface area contributed by atoms with E-state index in [0.717, 1.165) is 18.8 Å². The minimum Gasteiger partial charge on any atom is -0.480 e. The number of nitrogens with zero attached hydrogens (tertiary/aromatic N) is 4. The van der Waals surface area contributed by atoms with Crippen LogP contribution in [0.3, 0.4) is 0 Å². The molecule has 1 aromatic carbocycles. The molecule has 0 spiro atoms. The Morgan fingerprint density at radius 2 is 1.77 bits per heavy atom. The Morgan fingerprint density at radius 1 is 0.962 bits per heavy atom. The quantitative estimate of drug-likeness (QED) is 0.821. The summed E-state index contributed by atoms with van der Waals surface area (Å²) in [4.78, 5) is 5.14. The van der Waals surface area contributed by atoms with Crippen LogP contribution in [0.1, 0.15) is 25.7 Å². The Balaban J connectivity index is 1.40. The second kappa shape index (κ2) is 7.91. The zero-order valence-electron chi connectivity index (χ0n) is 15.3. The van der Waals surface area contributed by atoms with Gasteiger partial charge in [-0.3, -0.25) is 4.90 Å². The average molecular weight is 354 g/mol. The molecule has 1 atom stereocenters. The summed E-state index contributed by atoms with van der Waals surface area (Å²) >= 11 is 0. The molecule has 2 aliphatic rings. The van der Waals surface area contributed by atoms with Gasteiger partial charge in [0.1, 0.15) is 5.75 Å². The molecule has 26 heavy (non-hydrogen) atoms. The molecule has 0 radical (unpaired) electrons. The number of hydrogen-bond acceptors (Lipinski definition) is 6. The lowest BCUT2D eigenvalue weighted by Gasteiger charge is -2.32. The van der Waals surface area contributed by atoms with E-state index in [-0.39, 0.29) is 0 Å². The molecule has 3 heterocycles. The molecule has 6 nitrogen and oxygen atoms in total. The normalized spacial score (nSPS) is 21.0. The van der Waals surface area contributed by atoms with Crippen molar-refractivity contribution >= 4 is 5.69 Å². The van der Waals surface area contributed by atoms with Crippen molar-refractivity contribution in [1.82, 2.24) is 15.1 Å². The standard InChI is InChI=1S/C20H26N4O2/c1-25-19-8-9-20(22-21-19)26-18-7-5-6-16(14-18)24-13-10-17(15-24)23-11-3-2-4-12-23/h5-9,14,17H,2-4,10-13,15H2,1H3. The molecule has 1 unspecified atom stereocenters. The number of hydrogen-bond donors (Lipinski definition) is 0. The molecular weight excluding hydrogens is 328 g/mol. The number of aromatic nitrogens is 2. The molecule has 2 fully saturated rings. The fourth-order valence-electron chi connectivity index (χ4n) is 3.89. The minimum atomic E-state index is 0.468.